The van der Waals surface area contributed by atoms with Crippen LogP contribution in [0.15, 0.2) is 36.4 Å². The molecule has 1 fully saturated rings. The molecular formula is C21H20ClF3N4O4. The molecule has 1 heterocycles. The summed E-state index contributed by atoms with van der Waals surface area (Å²) in [5.41, 5.74) is -0.925. The lowest BCUT2D eigenvalue weighted by Gasteiger charge is -2.33. The molecular weight excluding hydrogens is 465 g/mol. The third-order valence-corrected chi connectivity index (χ3v) is 5.49. The normalized spacial score (nSPS) is 14.6. The molecule has 0 atom stereocenters. The molecule has 2 N–H and O–H groups in total. The van der Waals surface area contributed by atoms with Crippen LogP contribution < -0.4 is 15.5 Å². The van der Waals surface area contributed by atoms with Gasteiger partial charge in [-0.3, -0.25) is 19.7 Å². The van der Waals surface area contributed by atoms with Crippen LogP contribution in [-0.2, 0) is 15.8 Å². The maximum Gasteiger partial charge on any atom is 0.416 e. The average Bonchev–Trinajstić information content (AvgIpc) is 2.74. The van der Waals surface area contributed by atoms with Crippen molar-refractivity contribution in [2.75, 3.05) is 28.6 Å². The molecule has 0 radical (unpaired) electrons. The number of benzene rings is 2. The van der Waals surface area contributed by atoms with Crippen molar-refractivity contribution in [3.05, 3.63) is 57.1 Å². The maximum atomic E-state index is 12.9. The smallest absolute Gasteiger partial charge is 0.366 e. The van der Waals surface area contributed by atoms with Gasteiger partial charge in [-0.05, 0) is 43.2 Å². The van der Waals surface area contributed by atoms with Gasteiger partial charge in [0, 0.05) is 37.0 Å². The van der Waals surface area contributed by atoms with Gasteiger partial charge in [0.15, 0.2) is 0 Å². The van der Waals surface area contributed by atoms with E-state index in [-0.39, 0.29) is 30.6 Å². The van der Waals surface area contributed by atoms with E-state index in [2.05, 4.69) is 10.6 Å². The molecule has 33 heavy (non-hydrogen) atoms. The third kappa shape index (κ3) is 5.92. The van der Waals surface area contributed by atoms with E-state index in [1.54, 1.807) is 17.0 Å². The van der Waals surface area contributed by atoms with Crippen molar-refractivity contribution in [3.63, 3.8) is 0 Å². The Hall–Kier alpha value is -3.34. The van der Waals surface area contributed by atoms with Crippen molar-refractivity contribution in [3.8, 4) is 0 Å². The Labute approximate surface area is 191 Å². The first-order valence-corrected chi connectivity index (χ1v) is 10.3. The molecule has 0 aliphatic carbocycles. The van der Waals surface area contributed by atoms with Gasteiger partial charge >= 0.3 is 6.18 Å². The number of amides is 2. The second-order valence-corrected chi connectivity index (χ2v) is 8.02. The Balaban J connectivity index is 1.71. The molecule has 0 unspecified atom stereocenters. The van der Waals surface area contributed by atoms with Crippen LogP contribution in [0, 0.1) is 16.0 Å². The summed E-state index contributed by atoms with van der Waals surface area (Å²) in [6.45, 7) is 1.83. The molecule has 176 valence electrons. The number of piperidine rings is 1. The van der Waals surface area contributed by atoms with Gasteiger partial charge in [0.2, 0.25) is 11.8 Å². The average molecular weight is 485 g/mol. The number of rotatable bonds is 5. The van der Waals surface area contributed by atoms with Crippen molar-refractivity contribution in [1.82, 2.24) is 0 Å². The number of carbonyl (C=O) groups is 2. The topological polar surface area (TPSA) is 105 Å². The summed E-state index contributed by atoms with van der Waals surface area (Å²) < 4.78 is 38.8. The number of anilines is 3. The summed E-state index contributed by atoms with van der Waals surface area (Å²) in [4.78, 5) is 36.3. The molecule has 8 nitrogen and oxygen atoms in total. The summed E-state index contributed by atoms with van der Waals surface area (Å²) in [7, 11) is 0. The number of hydrogen-bond donors (Lipinski definition) is 2. The van der Waals surface area contributed by atoms with E-state index in [0.29, 0.717) is 35.3 Å². The van der Waals surface area contributed by atoms with Crippen LogP contribution in [0.2, 0.25) is 5.02 Å². The summed E-state index contributed by atoms with van der Waals surface area (Å²) in [6, 6.07) is 7.06. The number of alkyl halides is 3. The first kappa shape index (κ1) is 24.3. The second-order valence-electron chi connectivity index (χ2n) is 7.58. The van der Waals surface area contributed by atoms with E-state index in [0.717, 1.165) is 12.1 Å². The molecule has 0 saturated carbocycles. The Morgan fingerprint density at radius 3 is 2.33 bits per heavy atom. The van der Waals surface area contributed by atoms with Gasteiger partial charge in [0.25, 0.3) is 5.69 Å². The Bertz CT molecular complexity index is 1090. The highest BCUT2D eigenvalue weighted by Crippen LogP contribution is 2.38. The fourth-order valence-electron chi connectivity index (χ4n) is 3.65. The molecule has 0 bridgehead atoms. The van der Waals surface area contributed by atoms with Crippen LogP contribution in [-0.4, -0.2) is 29.8 Å². The summed E-state index contributed by atoms with van der Waals surface area (Å²) >= 11 is 5.99. The van der Waals surface area contributed by atoms with E-state index in [1.807, 2.05) is 0 Å². The Morgan fingerprint density at radius 1 is 1.09 bits per heavy atom. The lowest BCUT2D eigenvalue weighted by atomic mass is 9.95. The predicted octanol–water partition coefficient (Wildman–Crippen LogP) is 5.08. The molecule has 2 amide bonds. The zero-order chi connectivity index (χ0) is 24.3. The van der Waals surface area contributed by atoms with Gasteiger partial charge in [-0.1, -0.05) is 11.6 Å². The molecule has 2 aromatic rings. The molecule has 0 spiro atoms. The molecule has 1 saturated heterocycles. The first-order valence-electron chi connectivity index (χ1n) is 9.94. The zero-order valence-electron chi connectivity index (χ0n) is 17.4. The third-order valence-electron chi connectivity index (χ3n) is 5.26. The number of nitrogens with one attached hydrogen (secondary N) is 2. The predicted molar refractivity (Wildman–Crippen MR) is 117 cm³/mol. The van der Waals surface area contributed by atoms with E-state index in [1.165, 1.54) is 13.0 Å². The summed E-state index contributed by atoms with van der Waals surface area (Å²) in [5, 5.41) is 17.1. The highest BCUT2D eigenvalue weighted by atomic mass is 35.5. The second kappa shape index (κ2) is 9.65. The number of halogens is 4. The standard InChI is InChI=1S/C21H20ClF3N4O4/c1-12(30)26-16-4-3-15(22)11-17(16)27-20(31)13-6-8-28(9-7-13)18-5-2-14(21(23,24)25)10-19(18)29(32)33/h2-5,10-11,13H,6-9H2,1H3,(H,26,30)(H,27,31). The van der Waals surface area contributed by atoms with Crippen molar-refractivity contribution in [2.24, 2.45) is 5.92 Å². The molecule has 12 heteroatoms. The minimum Gasteiger partial charge on any atom is -0.366 e. The minimum absolute atomic E-state index is 0.0784. The number of nitro groups is 1. The van der Waals surface area contributed by atoms with Crippen LogP contribution >= 0.6 is 11.6 Å². The highest BCUT2D eigenvalue weighted by Gasteiger charge is 2.35. The molecule has 3 rings (SSSR count). The number of nitrogens with zero attached hydrogens (tertiary/aromatic N) is 2. The highest BCUT2D eigenvalue weighted by molar-refractivity contribution is 6.31. The number of hydrogen-bond acceptors (Lipinski definition) is 5. The van der Waals surface area contributed by atoms with Crippen LogP contribution in [0.1, 0.15) is 25.3 Å². The van der Waals surface area contributed by atoms with Gasteiger partial charge < -0.3 is 15.5 Å². The number of nitro benzene ring substituents is 1. The molecule has 1 aliphatic rings. The van der Waals surface area contributed by atoms with Gasteiger partial charge in [-0.2, -0.15) is 13.2 Å². The summed E-state index contributed by atoms with van der Waals surface area (Å²) in [6.07, 6.45) is -4.02. The van der Waals surface area contributed by atoms with E-state index < -0.39 is 28.3 Å². The van der Waals surface area contributed by atoms with Crippen molar-refractivity contribution < 1.29 is 27.7 Å². The van der Waals surface area contributed by atoms with Crippen LogP contribution in [0.4, 0.5) is 35.9 Å². The lowest BCUT2D eigenvalue weighted by Crippen LogP contribution is -2.38. The van der Waals surface area contributed by atoms with Crippen LogP contribution in [0.3, 0.4) is 0 Å². The SMILES string of the molecule is CC(=O)Nc1ccc(Cl)cc1NC(=O)C1CCN(c2ccc(C(F)(F)F)cc2[N+](=O)[O-])CC1. The minimum atomic E-state index is -4.69. The number of carbonyl (C=O) groups excluding carboxylic acids is 2. The fourth-order valence-corrected chi connectivity index (χ4v) is 3.82. The van der Waals surface area contributed by atoms with Crippen molar-refractivity contribution >= 4 is 46.2 Å². The largest absolute Gasteiger partial charge is 0.416 e. The summed E-state index contributed by atoms with van der Waals surface area (Å²) in [5.74, 6) is -1.07. The molecule has 0 aromatic heterocycles. The monoisotopic (exact) mass is 484 g/mol. The van der Waals surface area contributed by atoms with Gasteiger partial charge in [0.05, 0.1) is 21.9 Å². The van der Waals surface area contributed by atoms with Crippen molar-refractivity contribution in [2.45, 2.75) is 25.9 Å². The van der Waals surface area contributed by atoms with E-state index in [9.17, 15) is 32.9 Å². The first-order chi connectivity index (χ1) is 15.5. The quantitative estimate of drug-likeness (QED) is 0.455. The van der Waals surface area contributed by atoms with E-state index in [4.69, 9.17) is 11.6 Å². The van der Waals surface area contributed by atoms with Gasteiger partial charge in [0.1, 0.15) is 5.69 Å². The Morgan fingerprint density at radius 2 is 1.76 bits per heavy atom. The molecule has 1 aliphatic heterocycles. The lowest BCUT2D eigenvalue weighted by molar-refractivity contribution is -0.384. The maximum absolute atomic E-state index is 12.9. The fraction of sp³-hybridized carbons (Fsp3) is 0.333. The Kier molecular flexibility index (Phi) is 7.11. The van der Waals surface area contributed by atoms with Crippen LogP contribution in [0.25, 0.3) is 0 Å². The zero-order valence-corrected chi connectivity index (χ0v) is 18.2. The van der Waals surface area contributed by atoms with E-state index >= 15 is 0 Å². The molecule has 2 aromatic carbocycles. The van der Waals surface area contributed by atoms with Gasteiger partial charge in [-0.25, -0.2) is 0 Å². The van der Waals surface area contributed by atoms with Crippen LogP contribution in [0.5, 0.6) is 0 Å². The van der Waals surface area contributed by atoms with Gasteiger partial charge in [-0.15, -0.1) is 0 Å². The van der Waals surface area contributed by atoms with Crippen molar-refractivity contribution in [1.29, 1.82) is 0 Å².